The van der Waals surface area contributed by atoms with Crippen LogP contribution < -0.4 is 5.32 Å². The van der Waals surface area contributed by atoms with Gasteiger partial charge in [0.1, 0.15) is 12.0 Å². The van der Waals surface area contributed by atoms with E-state index in [2.05, 4.69) is 11.5 Å². The normalized spacial score (nSPS) is 17.6. The highest BCUT2D eigenvalue weighted by molar-refractivity contribution is 6.30. The van der Waals surface area contributed by atoms with Crippen LogP contribution in [0.1, 0.15) is 0 Å². The summed E-state index contributed by atoms with van der Waals surface area (Å²) in [6, 6.07) is 0. The number of rotatable bonds is 1. The van der Waals surface area contributed by atoms with Crippen LogP contribution in [0.15, 0.2) is 16.9 Å². The van der Waals surface area contributed by atoms with E-state index in [0.29, 0.717) is 12.3 Å². The summed E-state index contributed by atoms with van der Waals surface area (Å²) < 4.78 is 4.84. The average Bonchev–Trinajstić information content (AvgIpc) is 1.88. The molecular formula is C6H7ClNO. The standard InChI is InChI=1S/C6H7ClNO/c1-9-6-2-5(7)3-8-4-6/h2,8H,3H2,1H3. The van der Waals surface area contributed by atoms with E-state index in [1.54, 1.807) is 13.2 Å². The molecule has 0 amide bonds. The molecule has 0 fully saturated rings. The van der Waals surface area contributed by atoms with Gasteiger partial charge in [0.15, 0.2) is 0 Å². The van der Waals surface area contributed by atoms with Crippen molar-refractivity contribution in [2.24, 2.45) is 0 Å². The molecule has 0 bridgehead atoms. The molecule has 1 N–H and O–H groups in total. The van der Waals surface area contributed by atoms with Crippen LogP contribution >= 0.6 is 11.6 Å². The van der Waals surface area contributed by atoms with E-state index in [1.807, 2.05) is 0 Å². The molecule has 49 valence electrons. The highest BCUT2D eigenvalue weighted by Gasteiger charge is 2.00. The Morgan fingerprint density at radius 2 is 2.67 bits per heavy atom. The Labute approximate surface area is 59.1 Å². The predicted molar refractivity (Wildman–Crippen MR) is 35.7 cm³/mol. The van der Waals surface area contributed by atoms with Crippen LogP contribution in [0.4, 0.5) is 0 Å². The molecule has 0 aromatic carbocycles. The van der Waals surface area contributed by atoms with Crippen LogP contribution in [0.25, 0.3) is 0 Å². The average molecular weight is 145 g/mol. The molecule has 1 radical (unpaired) electrons. The van der Waals surface area contributed by atoms with Crippen molar-refractivity contribution in [3.05, 3.63) is 23.1 Å². The van der Waals surface area contributed by atoms with E-state index >= 15 is 0 Å². The van der Waals surface area contributed by atoms with Crippen LogP contribution in [-0.2, 0) is 4.74 Å². The molecule has 0 aromatic rings. The van der Waals surface area contributed by atoms with E-state index < -0.39 is 0 Å². The lowest BCUT2D eigenvalue weighted by molar-refractivity contribution is 0.299. The highest BCUT2D eigenvalue weighted by atomic mass is 35.5. The molecule has 3 heteroatoms. The van der Waals surface area contributed by atoms with Crippen molar-refractivity contribution >= 4 is 11.6 Å². The van der Waals surface area contributed by atoms with Gasteiger partial charge >= 0.3 is 0 Å². The van der Waals surface area contributed by atoms with Gasteiger partial charge in [-0.05, 0) is 6.08 Å². The maximum Gasteiger partial charge on any atom is 0.145 e. The van der Waals surface area contributed by atoms with Gasteiger partial charge in [-0.3, -0.25) is 0 Å². The summed E-state index contributed by atoms with van der Waals surface area (Å²) in [5.74, 6) is 0.645. The maximum absolute atomic E-state index is 5.65. The zero-order chi connectivity index (χ0) is 6.69. The molecule has 1 heterocycles. The number of halogens is 1. The Kier molecular flexibility index (Phi) is 2.01. The Morgan fingerprint density at radius 1 is 1.89 bits per heavy atom. The van der Waals surface area contributed by atoms with Crippen molar-refractivity contribution in [1.82, 2.24) is 5.32 Å². The first-order valence-electron chi connectivity index (χ1n) is 2.59. The van der Waals surface area contributed by atoms with Crippen molar-refractivity contribution in [2.45, 2.75) is 0 Å². The highest BCUT2D eigenvalue weighted by Crippen LogP contribution is 2.08. The minimum absolute atomic E-state index is 0.645. The minimum atomic E-state index is 0.645. The van der Waals surface area contributed by atoms with E-state index in [9.17, 15) is 0 Å². The third-order valence-electron chi connectivity index (χ3n) is 0.976. The van der Waals surface area contributed by atoms with Crippen molar-refractivity contribution in [1.29, 1.82) is 0 Å². The third-order valence-corrected chi connectivity index (χ3v) is 1.22. The van der Waals surface area contributed by atoms with Gasteiger partial charge < -0.3 is 10.1 Å². The first-order chi connectivity index (χ1) is 4.33. The van der Waals surface area contributed by atoms with E-state index in [1.165, 1.54) is 0 Å². The molecule has 0 saturated carbocycles. The fourth-order valence-electron chi connectivity index (χ4n) is 0.555. The molecule has 0 aliphatic carbocycles. The fraction of sp³-hybridized carbons (Fsp3) is 0.333. The van der Waals surface area contributed by atoms with Crippen LogP contribution in [0.5, 0.6) is 0 Å². The predicted octanol–water partition coefficient (Wildman–Crippen LogP) is 1.00. The molecule has 0 aromatic heterocycles. The van der Waals surface area contributed by atoms with Crippen LogP contribution in [0.3, 0.4) is 0 Å². The van der Waals surface area contributed by atoms with Crippen molar-refractivity contribution in [3.63, 3.8) is 0 Å². The lowest BCUT2D eigenvalue weighted by Crippen LogP contribution is -2.13. The first-order valence-corrected chi connectivity index (χ1v) is 2.96. The number of hydrogen-bond donors (Lipinski definition) is 1. The van der Waals surface area contributed by atoms with Crippen LogP contribution in [0, 0.1) is 6.20 Å². The smallest absolute Gasteiger partial charge is 0.145 e. The number of dihydropyridines is 1. The molecule has 9 heavy (non-hydrogen) atoms. The quantitative estimate of drug-likeness (QED) is 0.593. The maximum atomic E-state index is 5.65. The molecule has 1 aliphatic rings. The van der Waals surface area contributed by atoms with Crippen LogP contribution in [0.2, 0.25) is 0 Å². The lowest BCUT2D eigenvalue weighted by atomic mass is 10.3. The van der Waals surface area contributed by atoms with Crippen molar-refractivity contribution < 1.29 is 4.74 Å². The number of hydrogen-bond acceptors (Lipinski definition) is 2. The zero-order valence-electron chi connectivity index (χ0n) is 5.07. The molecule has 0 saturated heterocycles. The molecule has 1 rings (SSSR count). The van der Waals surface area contributed by atoms with Gasteiger partial charge in [0.2, 0.25) is 0 Å². The Hall–Kier alpha value is -0.630. The van der Waals surface area contributed by atoms with Gasteiger partial charge in [0, 0.05) is 5.03 Å². The van der Waals surface area contributed by atoms with Crippen molar-refractivity contribution in [3.8, 4) is 0 Å². The summed E-state index contributed by atoms with van der Waals surface area (Å²) in [7, 11) is 1.58. The minimum Gasteiger partial charge on any atom is -0.494 e. The largest absolute Gasteiger partial charge is 0.494 e. The number of nitrogens with one attached hydrogen (secondary N) is 1. The summed E-state index contributed by atoms with van der Waals surface area (Å²) >= 11 is 5.65. The SMILES string of the molecule is COC1=[C]NCC(Cl)=C1. The molecule has 0 spiro atoms. The van der Waals surface area contributed by atoms with Gasteiger partial charge in [-0.15, -0.1) is 0 Å². The summed E-state index contributed by atoms with van der Waals surface area (Å²) in [6.45, 7) is 0.647. The lowest BCUT2D eigenvalue weighted by Gasteiger charge is -2.07. The second-order valence-corrected chi connectivity index (χ2v) is 2.12. The second kappa shape index (κ2) is 2.78. The van der Waals surface area contributed by atoms with Gasteiger partial charge in [-0.1, -0.05) is 11.6 Å². The van der Waals surface area contributed by atoms with Gasteiger partial charge in [0.05, 0.1) is 13.7 Å². The molecule has 0 unspecified atom stereocenters. The summed E-state index contributed by atoms with van der Waals surface area (Å²) in [5.41, 5.74) is 0. The Morgan fingerprint density at radius 3 is 3.11 bits per heavy atom. The van der Waals surface area contributed by atoms with Gasteiger partial charge in [-0.25, -0.2) is 0 Å². The topological polar surface area (TPSA) is 21.3 Å². The zero-order valence-corrected chi connectivity index (χ0v) is 5.83. The summed E-state index contributed by atoms with van der Waals surface area (Å²) in [6.07, 6.45) is 4.52. The van der Waals surface area contributed by atoms with Crippen molar-refractivity contribution in [2.75, 3.05) is 13.7 Å². The summed E-state index contributed by atoms with van der Waals surface area (Å²) in [5, 5.41) is 3.56. The Bertz CT molecular complexity index is 162. The van der Waals surface area contributed by atoms with Gasteiger partial charge in [-0.2, -0.15) is 0 Å². The number of methoxy groups -OCH3 is 1. The molecular weight excluding hydrogens is 138 g/mol. The number of ether oxygens (including phenoxy) is 1. The molecule has 0 atom stereocenters. The fourth-order valence-corrected chi connectivity index (χ4v) is 0.721. The summed E-state index contributed by atoms with van der Waals surface area (Å²) in [4.78, 5) is 0. The van der Waals surface area contributed by atoms with Gasteiger partial charge in [0.25, 0.3) is 0 Å². The molecule has 2 nitrogen and oxygen atoms in total. The van der Waals surface area contributed by atoms with E-state index in [0.717, 1.165) is 5.03 Å². The Balaban J connectivity index is 2.63. The second-order valence-electron chi connectivity index (χ2n) is 1.64. The van der Waals surface area contributed by atoms with Crippen LogP contribution in [-0.4, -0.2) is 13.7 Å². The third kappa shape index (κ3) is 1.64. The van der Waals surface area contributed by atoms with E-state index in [-0.39, 0.29) is 0 Å². The monoisotopic (exact) mass is 144 g/mol. The molecule has 1 aliphatic heterocycles. The van der Waals surface area contributed by atoms with E-state index in [4.69, 9.17) is 16.3 Å². The number of allylic oxidation sites excluding steroid dienone is 1. The first kappa shape index (κ1) is 6.49.